The SMILES string of the molecule is c1cc(N(c2ccc3c(c2)sc2cc(-c4ccc5c6ccccc6n(-c6cccc7ccccc67)c5c4)ccc23)c2ccc3sc4ccccc4c3c2)cc(N(c2ccc(-c3cccc4ccccc34)cc2)c2cccc3ccccc23)c1. The van der Waals surface area contributed by atoms with Crippen molar-refractivity contribution in [1.29, 1.82) is 0 Å². The van der Waals surface area contributed by atoms with Gasteiger partial charge in [0.05, 0.1) is 22.4 Å². The summed E-state index contributed by atoms with van der Waals surface area (Å²) < 4.78 is 7.54. The van der Waals surface area contributed by atoms with Crippen LogP contribution in [0.2, 0.25) is 0 Å². The summed E-state index contributed by atoms with van der Waals surface area (Å²) in [5, 5.41) is 14.9. The monoisotopic (exact) mass is 1090 g/mol. The molecule has 0 unspecified atom stereocenters. The van der Waals surface area contributed by atoms with Crippen molar-refractivity contribution in [3.05, 3.63) is 297 Å². The average molecular weight is 1090 g/mol. The second kappa shape index (κ2) is 19.2. The lowest BCUT2D eigenvalue weighted by Gasteiger charge is -2.30. The normalized spacial score (nSPS) is 11.9. The van der Waals surface area contributed by atoms with Crippen molar-refractivity contribution in [3.8, 4) is 27.9 Å². The molecule has 0 N–H and O–H groups in total. The summed E-state index contributed by atoms with van der Waals surface area (Å²) in [7, 11) is 0. The second-order valence-corrected chi connectivity index (χ2v) is 23.8. The number of nitrogens with zero attached hydrogens (tertiary/aromatic N) is 3. The van der Waals surface area contributed by atoms with Crippen LogP contribution in [-0.4, -0.2) is 4.57 Å². The minimum Gasteiger partial charge on any atom is -0.310 e. The van der Waals surface area contributed by atoms with Gasteiger partial charge in [0, 0.05) is 90.3 Å². The van der Waals surface area contributed by atoms with Crippen LogP contribution in [0.4, 0.5) is 34.1 Å². The van der Waals surface area contributed by atoms with Gasteiger partial charge in [-0.05, 0) is 141 Å². The molecule has 0 radical (unpaired) electrons. The smallest absolute Gasteiger partial charge is 0.0547 e. The molecule has 17 rings (SSSR count). The number of benzene rings is 14. The van der Waals surface area contributed by atoms with Gasteiger partial charge >= 0.3 is 0 Å². The third-order valence-electron chi connectivity index (χ3n) is 16.9. The highest BCUT2D eigenvalue weighted by Crippen LogP contribution is 2.47. The van der Waals surface area contributed by atoms with E-state index in [4.69, 9.17) is 0 Å². The number of fused-ring (bicyclic) bond motifs is 12. The van der Waals surface area contributed by atoms with Crippen LogP contribution in [0.3, 0.4) is 0 Å². The molecule has 0 saturated heterocycles. The highest BCUT2D eigenvalue weighted by Gasteiger charge is 2.22. The van der Waals surface area contributed by atoms with Crippen molar-refractivity contribution >= 4 is 151 Å². The van der Waals surface area contributed by atoms with E-state index in [9.17, 15) is 0 Å². The third-order valence-corrected chi connectivity index (χ3v) is 19.2. The first kappa shape index (κ1) is 47.5. The van der Waals surface area contributed by atoms with Crippen molar-refractivity contribution in [2.24, 2.45) is 0 Å². The Labute approximate surface area is 487 Å². The predicted molar refractivity (Wildman–Crippen MR) is 359 cm³/mol. The van der Waals surface area contributed by atoms with Gasteiger partial charge < -0.3 is 14.4 Å². The van der Waals surface area contributed by atoms with Crippen molar-refractivity contribution in [1.82, 2.24) is 4.57 Å². The van der Waals surface area contributed by atoms with Crippen molar-refractivity contribution in [3.63, 3.8) is 0 Å². The summed E-state index contributed by atoms with van der Waals surface area (Å²) >= 11 is 3.73. The molecule has 3 heterocycles. The minimum atomic E-state index is 1.06. The van der Waals surface area contributed by atoms with Gasteiger partial charge in [-0.25, -0.2) is 0 Å². The zero-order valence-electron chi connectivity index (χ0n) is 44.9. The zero-order chi connectivity index (χ0) is 54.5. The van der Waals surface area contributed by atoms with Gasteiger partial charge in [0.2, 0.25) is 0 Å². The zero-order valence-corrected chi connectivity index (χ0v) is 46.6. The maximum absolute atomic E-state index is 2.46. The first-order valence-electron chi connectivity index (χ1n) is 28.3. The molecule has 17 aromatic rings. The average Bonchev–Trinajstić information content (AvgIpc) is 2.82. The first-order chi connectivity index (χ1) is 41.1. The number of aromatic nitrogens is 1. The molecule has 388 valence electrons. The van der Waals surface area contributed by atoms with E-state index in [-0.39, 0.29) is 0 Å². The standard InChI is InChI=1S/C78H49N3S2/c1-4-23-61-50(15-1)18-11-28-62(61)53-33-37-56(38-34-53)80(71-30-12-19-51-16-2-5-24-63(51)71)58-22-14-21-57(47-58)79(59-40-44-76-70(48-59)67-27-8-10-32-75(67)82-76)60-39-43-69-68-42-36-55(46-77(68)83-78(69)49-60)54-35-41-66-65-26-7-9-29-73(65)81(74(66)45-54)72-31-13-20-52-17-3-6-25-64(52)72/h1-49H. The Balaban J connectivity index is 0.804. The van der Waals surface area contributed by atoms with E-state index in [1.54, 1.807) is 0 Å². The Kier molecular flexibility index (Phi) is 11.0. The van der Waals surface area contributed by atoms with Gasteiger partial charge in [-0.15, -0.1) is 22.7 Å². The number of anilines is 6. The molecular formula is C78H49N3S2. The van der Waals surface area contributed by atoms with Gasteiger partial charge in [-0.1, -0.05) is 200 Å². The lowest BCUT2D eigenvalue weighted by Crippen LogP contribution is -2.13. The minimum absolute atomic E-state index is 1.06. The molecule has 3 nitrogen and oxygen atoms in total. The maximum atomic E-state index is 2.46. The molecule has 0 atom stereocenters. The van der Waals surface area contributed by atoms with Crippen LogP contribution in [0.5, 0.6) is 0 Å². The highest BCUT2D eigenvalue weighted by atomic mass is 32.1. The van der Waals surface area contributed by atoms with Crippen LogP contribution < -0.4 is 9.80 Å². The quantitative estimate of drug-likeness (QED) is 0.143. The Morgan fingerprint density at radius 2 is 0.735 bits per heavy atom. The molecule has 14 aromatic carbocycles. The summed E-state index contributed by atoms with van der Waals surface area (Å²) in [5.74, 6) is 0. The van der Waals surface area contributed by atoms with E-state index in [1.165, 1.54) is 122 Å². The van der Waals surface area contributed by atoms with E-state index in [0.29, 0.717) is 0 Å². The van der Waals surface area contributed by atoms with Gasteiger partial charge in [-0.2, -0.15) is 0 Å². The van der Waals surface area contributed by atoms with Gasteiger partial charge in [-0.3, -0.25) is 0 Å². The molecule has 0 aliphatic rings. The van der Waals surface area contributed by atoms with Crippen LogP contribution >= 0.6 is 22.7 Å². The molecule has 83 heavy (non-hydrogen) atoms. The van der Waals surface area contributed by atoms with Gasteiger partial charge in [0.15, 0.2) is 0 Å². The molecule has 5 heteroatoms. The fourth-order valence-electron chi connectivity index (χ4n) is 13.1. The summed E-state index contributed by atoms with van der Waals surface area (Å²) in [4.78, 5) is 4.89. The lowest BCUT2D eigenvalue weighted by atomic mass is 9.98. The van der Waals surface area contributed by atoms with E-state index in [2.05, 4.69) is 312 Å². The molecule has 0 saturated carbocycles. The van der Waals surface area contributed by atoms with Crippen LogP contribution in [0.15, 0.2) is 297 Å². The number of rotatable bonds is 9. The van der Waals surface area contributed by atoms with E-state index >= 15 is 0 Å². The third kappa shape index (κ3) is 7.85. The molecule has 0 fully saturated rings. The van der Waals surface area contributed by atoms with E-state index in [0.717, 1.165) is 34.1 Å². The molecule has 3 aromatic heterocycles. The number of thiophene rings is 2. The number of hydrogen-bond acceptors (Lipinski definition) is 4. The Morgan fingerprint density at radius 1 is 0.241 bits per heavy atom. The molecule has 0 spiro atoms. The highest BCUT2D eigenvalue weighted by molar-refractivity contribution is 7.26. The largest absolute Gasteiger partial charge is 0.310 e. The fourth-order valence-corrected chi connectivity index (χ4v) is 15.3. The molecule has 0 aliphatic heterocycles. The second-order valence-electron chi connectivity index (χ2n) is 21.6. The Hall–Kier alpha value is -10.3. The summed E-state index contributed by atoms with van der Waals surface area (Å²) in [6.07, 6.45) is 0. The molecule has 0 amide bonds. The summed E-state index contributed by atoms with van der Waals surface area (Å²) in [6.45, 7) is 0. The van der Waals surface area contributed by atoms with Crippen molar-refractivity contribution < 1.29 is 0 Å². The first-order valence-corrected chi connectivity index (χ1v) is 29.9. The van der Waals surface area contributed by atoms with E-state index < -0.39 is 0 Å². The van der Waals surface area contributed by atoms with Crippen LogP contribution in [0, 0.1) is 0 Å². The predicted octanol–water partition coefficient (Wildman–Crippen LogP) is 23.3. The van der Waals surface area contributed by atoms with Crippen molar-refractivity contribution in [2.45, 2.75) is 0 Å². The number of para-hydroxylation sites is 1. The Morgan fingerprint density at radius 3 is 1.55 bits per heavy atom. The Bertz CT molecular complexity index is 5420. The molecule has 0 aliphatic carbocycles. The molecule has 0 bridgehead atoms. The van der Waals surface area contributed by atoms with Crippen LogP contribution in [0.1, 0.15) is 0 Å². The topological polar surface area (TPSA) is 11.4 Å². The van der Waals surface area contributed by atoms with Gasteiger partial charge in [0.25, 0.3) is 0 Å². The van der Waals surface area contributed by atoms with Crippen LogP contribution in [0.25, 0.3) is 122 Å². The maximum Gasteiger partial charge on any atom is 0.0547 e. The summed E-state index contributed by atoms with van der Waals surface area (Å²) in [6, 6.07) is 110. The molecular weight excluding hydrogens is 1040 g/mol. The van der Waals surface area contributed by atoms with Crippen molar-refractivity contribution in [2.75, 3.05) is 9.80 Å². The number of hydrogen-bond donors (Lipinski definition) is 0. The lowest BCUT2D eigenvalue weighted by molar-refractivity contribution is 1.20. The summed E-state index contributed by atoms with van der Waals surface area (Å²) in [5.41, 5.74) is 15.0. The van der Waals surface area contributed by atoms with E-state index in [1.807, 2.05) is 22.7 Å². The van der Waals surface area contributed by atoms with Crippen LogP contribution in [-0.2, 0) is 0 Å². The fraction of sp³-hybridized carbons (Fsp3) is 0. The van der Waals surface area contributed by atoms with Gasteiger partial charge in [0.1, 0.15) is 0 Å².